The number of aromatic hydroxyl groups is 1. The second kappa shape index (κ2) is 5.88. The first-order valence-corrected chi connectivity index (χ1v) is 8.64. The van der Waals surface area contributed by atoms with Crippen LogP contribution in [0, 0.1) is 23.7 Å². The summed E-state index contributed by atoms with van der Waals surface area (Å²) < 4.78 is 5.32. The number of hydrazone groups is 1. The summed E-state index contributed by atoms with van der Waals surface area (Å²) in [5, 5.41) is 15.0. The molecule has 1 aromatic carbocycles. The van der Waals surface area contributed by atoms with Crippen molar-refractivity contribution in [1.82, 2.24) is 5.01 Å². The second-order valence-electron chi connectivity index (χ2n) is 6.52. The van der Waals surface area contributed by atoms with Crippen LogP contribution in [0.3, 0.4) is 0 Å². The van der Waals surface area contributed by atoms with Crippen molar-refractivity contribution in [2.45, 2.75) is 13.3 Å². The monoisotopic (exact) mass is 360 g/mol. The van der Waals surface area contributed by atoms with E-state index in [1.807, 2.05) is 12.2 Å². The zero-order chi connectivity index (χ0) is 17.7. The third kappa shape index (κ3) is 2.43. The summed E-state index contributed by atoms with van der Waals surface area (Å²) in [5.41, 5.74) is 0.532. The molecule has 2 fully saturated rings. The van der Waals surface area contributed by atoms with Crippen LogP contribution in [0.15, 0.2) is 29.4 Å². The topological polar surface area (TPSA) is 79.2 Å². The van der Waals surface area contributed by atoms with E-state index in [9.17, 15) is 14.7 Å². The number of phenolic OH excluding ortho intramolecular Hbond substituents is 1. The number of hydrogen-bond donors (Lipinski definition) is 1. The summed E-state index contributed by atoms with van der Waals surface area (Å²) in [7, 11) is 0. The Labute approximate surface area is 149 Å². The molecule has 0 spiro atoms. The Kier molecular flexibility index (Phi) is 3.80. The highest BCUT2D eigenvalue weighted by atomic mass is 35.5. The summed E-state index contributed by atoms with van der Waals surface area (Å²) in [5.74, 6) is -0.639. The SMILES string of the molecule is CCOc1cc(C=NN2C(=O)[C@@H]3[C@H](C2=O)[C@H]2C=C[C@H]3C2)cc(Cl)c1O. The highest BCUT2D eigenvalue weighted by molar-refractivity contribution is 6.32. The number of phenols is 1. The minimum Gasteiger partial charge on any atom is -0.503 e. The van der Waals surface area contributed by atoms with Gasteiger partial charge in [-0.3, -0.25) is 9.59 Å². The standard InChI is InChI=1S/C18H17ClN2O4/c1-2-25-13-6-9(5-12(19)16(13)22)8-20-21-17(23)14-10-3-4-11(7-10)15(14)18(21)24/h3-6,8,10-11,14-15,22H,2,7H2,1H3/t10-,11-,14-,15+/m0/s1. The summed E-state index contributed by atoms with van der Waals surface area (Å²) in [4.78, 5) is 25.1. The van der Waals surface area contributed by atoms with Crippen LogP contribution in [0.5, 0.6) is 11.5 Å². The lowest BCUT2D eigenvalue weighted by molar-refractivity contribution is -0.140. The van der Waals surface area contributed by atoms with Gasteiger partial charge in [0.15, 0.2) is 11.5 Å². The van der Waals surface area contributed by atoms with Crippen LogP contribution in [0.2, 0.25) is 5.02 Å². The molecule has 130 valence electrons. The Balaban J connectivity index is 1.59. The van der Waals surface area contributed by atoms with E-state index >= 15 is 0 Å². The van der Waals surface area contributed by atoms with E-state index in [0.29, 0.717) is 12.2 Å². The predicted molar refractivity (Wildman–Crippen MR) is 91.4 cm³/mol. The number of hydrogen-bond acceptors (Lipinski definition) is 5. The number of rotatable bonds is 4. The average molecular weight is 361 g/mol. The van der Waals surface area contributed by atoms with Gasteiger partial charge >= 0.3 is 0 Å². The van der Waals surface area contributed by atoms with Gasteiger partial charge in [0.25, 0.3) is 11.8 Å². The van der Waals surface area contributed by atoms with Gasteiger partial charge in [0.2, 0.25) is 0 Å². The molecule has 2 amide bonds. The lowest BCUT2D eigenvalue weighted by Crippen LogP contribution is -2.28. The Morgan fingerprint density at radius 2 is 1.92 bits per heavy atom. The summed E-state index contributed by atoms with van der Waals surface area (Å²) >= 11 is 5.98. The fourth-order valence-corrected chi connectivity index (χ4v) is 4.28. The molecule has 0 radical (unpaired) electrons. The molecule has 2 bridgehead atoms. The third-order valence-corrected chi connectivity index (χ3v) is 5.41. The molecule has 4 rings (SSSR count). The number of amides is 2. The third-order valence-electron chi connectivity index (χ3n) is 5.12. The number of halogens is 1. The van der Waals surface area contributed by atoms with Gasteiger partial charge in [-0.2, -0.15) is 10.1 Å². The van der Waals surface area contributed by atoms with Crippen molar-refractivity contribution in [2.24, 2.45) is 28.8 Å². The molecule has 1 aliphatic heterocycles. The Bertz CT molecular complexity index is 790. The minimum atomic E-state index is -0.276. The molecule has 3 aliphatic rings. The molecule has 1 heterocycles. The van der Waals surface area contributed by atoms with Gasteiger partial charge in [0.1, 0.15) is 0 Å². The van der Waals surface area contributed by atoms with E-state index in [2.05, 4.69) is 5.10 Å². The molecular weight excluding hydrogens is 344 g/mol. The Hall–Kier alpha value is -2.34. The predicted octanol–water partition coefficient (Wildman–Crippen LogP) is 2.59. The zero-order valence-corrected chi connectivity index (χ0v) is 14.3. The van der Waals surface area contributed by atoms with Crippen LogP contribution in [-0.4, -0.2) is 34.8 Å². The number of allylic oxidation sites excluding steroid dienone is 2. The molecule has 6 nitrogen and oxygen atoms in total. The van der Waals surface area contributed by atoms with Gasteiger partial charge in [0, 0.05) is 0 Å². The summed E-state index contributed by atoms with van der Waals surface area (Å²) in [6, 6.07) is 3.06. The van der Waals surface area contributed by atoms with Crippen molar-refractivity contribution >= 4 is 29.6 Å². The van der Waals surface area contributed by atoms with Gasteiger partial charge in [-0.15, -0.1) is 0 Å². The van der Waals surface area contributed by atoms with Gasteiger partial charge in [-0.1, -0.05) is 23.8 Å². The number of nitrogens with zero attached hydrogens (tertiary/aromatic N) is 2. The minimum absolute atomic E-state index is 0.116. The molecule has 7 heteroatoms. The zero-order valence-electron chi connectivity index (χ0n) is 13.6. The van der Waals surface area contributed by atoms with Crippen LogP contribution in [0.25, 0.3) is 0 Å². The molecule has 2 aliphatic carbocycles. The number of fused-ring (bicyclic) bond motifs is 5. The van der Waals surface area contributed by atoms with E-state index < -0.39 is 0 Å². The van der Waals surface area contributed by atoms with Crippen molar-refractivity contribution in [3.63, 3.8) is 0 Å². The molecule has 1 N–H and O–H groups in total. The molecule has 1 saturated heterocycles. The molecule has 1 aromatic rings. The van der Waals surface area contributed by atoms with E-state index in [1.54, 1.807) is 13.0 Å². The van der Waals surface area contributed by atoms with Crippen LogP contribution >= 0.6 is 11.6 Å². The van der Waals surface area contributed by atoms with Crippen LogP contribution in [-0.2, 0) is 9.59 Å². The normalized spacial score (nSPS) is 29.9. The van der Waals surface area contributed by atoms with E-state index in [1.165, 1.54) is 12.3 Å². The van der Waals surface area contributed by atoms with Gasteiger partial charge in [-0.05, 0) is 42.9 Å². The molecule has 0 aromatic heterocycles. The van der Waals surface area contributed by atoms with Crippen LogP contribution in [0.1, 0.15) is 18.9 Å². The largest absolute Gasteiger partial charge is 0.503 e. The lowest BCUT2D eigenvalue weighted by atomic mass is 9.85. The average Bonchev–Trinajstić information content (AvgIpc) is 3.25. The second-order valence-corrected chi connectivity index (χ2v) is 6.92. The lowest BCUT2D eigenvalue weighted by Gasteiger charge is -2.13. The Morgan fingerprint density at radius 1 is 1.28 bits per heavy atom. The summed E-state index contributed by atoms with van der Waals surface area (Å²) in [6.07, 6.45) is 6.35. The molecule has 25 heavy (non-hydrogen) atoms. The summed E-state index contributed by atoms with van der Waals surface area (Å²) in [6.45, 7) is 2.16. The van der Waals surface area contributed by atoms with E-state index in [0.717, 1.165) is 11.4 Å². The maximum Gasteiger partial charge on any atom is 0.254 e. The quantitative estimate of drug-likeness (QED) is 0.508. The van der Waals surface area contributed by atoms with Crippen molar-refractivity contribution in [3.05, 3.63) is 34.9 Å². The Morgan fingerprint density at radius 3 is 2.52 bits per heavy atom. The first kappa shape index (κ1) is 16.1. The van der Waals surface area contributed by atoms with Gasteiger partial charge in [0.05, 0.1) is 29.7 Å². The fraction of sp³-hybridized carbons (Fsp3) is 0.389. The first-order valence-electron chi connectivity index (χ1n) is 8.26. The van der Waals surface area contributed by atoms with E-state index in [-0.39, 0.29) is 52.0 Å². The van der Waals surface area contributed by atoms with Crippen molar-refractivity contribution < 1.29 is 19.4 Å². The van der Waals surface area contributed by atoms with Crippen molar-refractivity contribution in [1.29, 1.82) is 0 Å². The molecule has 0 unspecified atom stereocenters. The van der Waals surface area contributed by atoms with Crippen molar-refractivity contribution in [3.8, 4) is 11.5 Å². The molecule has 4 atom stereocenters. The highest BCUT2D eigenvalue weighted by Gasteiger charge is 2.59. The maximum atomic E-state index is 12.6. The van der Waals surface area contributed by atoms with Crippen LogP contribution in [0.4, 0.5) is 0 Å². The number of ether oxygens (including phenoxy) is 1. The number of carbonyl (C=O) groups excluding carboxylic acids is 2. The smallest absolute Gasteiger partial charge is 0.254 e. The molecule has 1 saturated carbocycles. The molecular formula is C18H17ClN2O4. The number of benzene rings is 1. The number of carbonyl (C=O) groups is 2. The highest BCUT2D eigenvalue weighted by Crippen LogP contribution is 2.52. The first-order chi connectivity index (χ1) is 12.0. The number of imide groups is 1. The maximum absolute atomic E-state index is 12.6. The fourth-order valence-electron chi connectivity index (χ4n) is 4.06. The van der Waals surface area contributed by atoms with E-state index in [4.69, 9.17) is 16.3 Å². The van der Waals surface area contributed by atoms with Gasteiger partial charge in [-0.25, -0.2) is 0 Å². The van der Waals surface area contributed by atoms with Crippen molar-refractivity contribution in [2.75, 3.05) is 6.61 Å². The van der Waals surface area contributed by atoms with Crippen LogP contribution < -0.4 is 4.74 Å². The van der Waals surface area contributed by atoms with Gasteiger partial charge < -0.3 is 9.84 Å².